The first-order valence-electron chi connectivity index (χ1n) is 6.31. The summed E-state index contributed by atoms with van der Waals surface area (Å²) in [5.74, 6) is 0.0222. The van der Waals surface area contributed by atoms with Gasteiger partial charge in [-0.3, -0.25) is 20.0 Å². The predicted molar refractivity (Wildman–Crippen MR) is 61.5 cm³/mol. The van der Waals surface area contributed by atoms with Crippen LogP contribution in [0.25, 0.3) is 0 Å². The normalized spacial score (nSPS) is 20.0. The Morgan fingerprint density at radius 2 is 2.28 bits per heavy atom. The molecule has 6 heteroatoms. The van der Waals surface area contributed by atoms with Gasteiger partial charge in [-0.15, -0.1) is 0 Å². The fraction of sp³-hybridized carbons (Fsp3) is 0.583. The standard InChI is InChI=1S/C12H15N3O3/c16-10-3-1-2-6-15(10)13-12(17)9-7-18-14-11(9)8-4-5-8/h7-8H,1-6H2,(H,13,17). The molecule has 1 aromatic rings. The number of hydrogen-bond acceptors (Lipinski definition) is 4. The van der Waals surface area contributed by atoms with Crippen molar-refractivity contribution >= 4 is 11.8 Å². The van der Waals surface area contributed by atoms with E-state index in [4.69, 9.17) is 4.52 Å². The van der Waals surface area contributed by atoms with E-state index in [1.165, 1.54) is 11.3 Å². The SMILES string of the molecule is O=C(NN1CCCCC1=O)c1conc1C1CC1. The zero-order chi connectivity index (χ0) is 12.5. The Morgan fingerprint density at radius 1 is 1.44 bits per heavy atom. The summed E-state index contributed by atoms with van der Waals surface area (Å²) in [7, 11) is 0. The first-order chi connectivity index (χ1) is 8.75. The Balaban J connectivity index is 1.70. The van der Waals surface area contributed by atoms with E-state index in [1.807, 2.05) is 0 Å². The summed E-state index contributed by atoms with van der Waals surface area (Å²) in [6.45, 7) is 0.578. The minimum atomic E-state index is -0.298. The number of amides is 2. The zero-order valence-corrected chi connectivity index (χ0v) is 10.0. The minimum absolute atomic E-state index is 0.0287. The van der Waals surface area contributed by atoms with Gasteiger partial charge in [0.2, 0.25) is 5.91 Å². The smallest absolute Gasteiger partial charge is 0.275 e. The highest BCUT2D eigenvalue weighted by Crippen LogP contribution is 2.40. The van der Waals surface area contributed by atoms with Crippen molar-refractivity contribution in [2.24, 2.45) is 0 Å². The van der Waals surface area contributed by atoms with Crippen LogP contribution in [0.15, 0.2) is 10.8 Å². The lowest BCUT2D eigenvalue weighted by Crippen LogP contribution is -2.48. The molecule has 1 saturated carbocycles. The summed E-state index contributed by atoms with van der Waals surface area (Å²) in [6, 6.07) is 0. The molecule has 0 radical (unpaired) electrons. The highest BCUT2D eigenvalue weighted by Gasteiger charge is 2.32. The van der Waals surface area contributed by atoms with E-state index in [9.17, 15) is 9.59 Å². The third-order valence-corrected chi connectivity index (χ3v) is 3.37. The van der Waals surface area contributed by atoms with Crippen LogP contribution in [-0.4, -0.2) is 28.5 Å². The molecule has 1 aliphatic heterocycles. The summed E-state index contributed by atoms with van der Waals surface area (Å²) in [4.78, 5) is 23.7. The van der Waals surface area contributed by atoms with Crippen LogP contribution in [0.2, 0.25) is 0 Å². The van der Waals surface area contributed by atoms with Crippen LogP contribution >= 0.6 is 0 Å². The zero-order valence-electron chi connectivity index (χ0n) is 10.0. The van der Waals surface area contributed by atoms with Gasteiger partial charge in [0.1, 0.15) is 11.8 Å². The number of carbonyl (C=O) groups excluding carboxylic acids is 2. The molecule has 0 spiro atoms. The largest absolute Gasteiger partial charge is 0.364 e. The summed E-state index contributed by atoms with van der Waals surface area (Å²) in [5.41, 5.74) is 3.81. The molecule has 18 heavy (non-hydrogen) atoms. The summed E-state index contributed by atoms with van der Waals surface area (Å²) >= 11 is 0. The molecule has 2 amide bonds. The summed E-state index contributed by atoms with van der Waals surface area (Å²) < 4.78 is 4.87. The maximum Gasteiger partial charge on any atom is 0.275 e. The first-order valence-corrected chi connectivity index (χ1v) is 6.31. The molecular formula is C12H15N3O3. The Morgan fingerprint density at radius 3 is 3.00 bits per heavy atom. The van der Waals surface area contributed by atoms with Crippen molar-refractivity contribution in [1.29, 1.82) is 0 Å². The van der Waals surface area contributed by atoms with E-state index in [0.717, 1.165) is 31.4 Å². The van der Waals surface area contributed by atoms with Crippen molar-refractivity contribution in [3.8, 4) is 0 Å². The first kappa shape index (κ1) is 11.3. The third-order valence-electron chi connectivity index (χ3n) is 3.37. The molecule has 2 fully saturated rings. The van der Waals surface area contributed by atoms with Gasteiger partial charge in [-0.05, 0) is 25.7 Å². The minimum Gasteiger partial charge on any atom is -0.364 e. The fourth-order valence-electron chi connectivity index (χ4n) is 2.17. The molecule has 1 N–H and O–H groups in total. The molecular weight excluding hydrogens is 234 g/mol. The number of hydrogen-bond donors (Lipinski definition) is 1. The van der Waals surface area contributed by atoms with Crippen LogP contribution in [0.3, 0.4) is 0 Å². The quantitative estimate of drug-likeness (QED) is 0.873. The van der Waals surface area contributed by atoms with Crippen LogP contribution in [-0.2, 0) is 4.79 Å². The van der Waals surface area contributed by atoms with Crippen molar-refractivity contribution in [1.82, 2.24) is 15.6 Å². The van der Waals surface area contributed by atoms with E-state index in [2.05, 4.69) is 10.6 Å². The molecule has 96 valence electrons. The van der Waals surface area contributed by atoms with Crippen molar-refractivity contribution in [3.63, 3.8) is 0 Å². The third kappa shape index (κ3) is 2.10. The number of carbonyl (C=O) groups is 2. The van der Waals surface area contributed by atoms with Crippen LogP contribution in [0.1, 0.15) is 54.1 Å². The van der Waals surface area contributed by atoms with E-state index in [-0.39, 0.29) is 11.8 Å². The van der Waals surface area contributed by atoms with E-state index in [1.54, 1.807) is 0 Å². The van der Waals surface area contributed by atoms with Gasteiger partial charge < -0.3 is 4.52 Å². The van der Waals surface area contributed by atoms with Crippen LogP contribution in [0.5, 0.6) is 0 Å². The van der Waals surface area contributed by atoms with Crippen LogP contribution in [0, 0.1) is 0 Å². The van der Waals surface area contributed by atoms with E-state index in [0.29, 0.717) is 24.4 Å². The average Bonchev–Trinajstić information content (AvgIpc) is 3.09. The molecule has 0 aromatic carbocycles. The Hall–Kier alpha value is -1.85. The van der Waals surface area contributed by atoms with Gasteiger partial charge in [0.25, 0.3) is 5.91 Å². The molecule has 2 heterocycles. The monoisotopic (exact) mass is 249 g/mol. The van der Waals surface area contributed by atoms with Crippen LogP contribution in [0.4, 0.5) is 0 Å². The molecule has 0 unspecified atom stereocenters. The number of piperidine rings is 1. The van der Waals surface area contributed by atoms with Gasteiger partial charge in [0.15, 0.2) is 0 Å². The molecule has 3 rings (SSSR count). The molecule has 6 nitrogen and oxygen atoms in total. The Kier molecular flexibility index (Phi) is 2.77. The Labute approximate surface area is 104 Å². The van der Waals surface area contributed by atoms with E-state index >= 15 is 0 Å². The molecule has 2 aliphatic rings. The number of rotatable bonds is 3. The van der Waals surface area contributed by atoms with Gasteiger partial charge in [0.05, 0.1) is 5.69 Å². The number of nitrogens with zero attached hydrogens (tertiary/aromatic N) is 2. The lowest BCUT2D eigenvalue weighted by Gasteiger charge is -2.26. The second-order valence-corrected chi connectivity index (χ2v) is 4.83. The van der Waals surface area contributed by atoms with E-state index < -0.39 is 0 Å². The number of nitrogens with one attached hydrogen (secondary N) is 1. The lowest BCUT2D eigenvalue weighted by atomic mass is 10.1. The lowest BCUT2D eigenvalue weighted by molar-refractivity contribution is -0.135. The summed E-state index contributed by atoms with van der Waals surface area (Å²) in [6.07, 6.45) is 5.78. The van der Waals surface area contributed by atoms with Gasteiger partial charge >= 0.3 is 0 Å². The fourth-order valence-corrected chi connectivity index (χ4v) is 2.17. The molecule has 1 saturated heterocycles. The van der Waals surface area contributed by atoms with Crippen molar-refractivity contribution in [2.45, 2.75) is 38.0 Å². The second-order valence-electron chi connectivity index (χ2n) is 4.83. The topological polar surface area (TPSA) is 75.4 Å². The van der Waals surface area contributed by atoms with Crippen LogP contribution < -0.4 is 5.43 Å². The number of hydrazine groups is 1. The van der Waals surface area contributed by atoms with Crippen molar-refractivity contribution < 1.29 is 14.1 Å². The molecule has 1 aromatic heterocycles. The molecule has 1 aliphatic carbocycles. The van der Waals surface area contributed by atoms with Gasteiger partial charge in [-0.1, -0.05) is 5.16 Å². The van der Waals surface area contributed by atoms with Crippen molar-refractivity contribution in [3.05, 3.63) is 17.5 Å². The average molecular weight is 249 g/mol. The Bertz CT molecular complexity index is 479. The molecule has 0 bridgehead atoms. The maximum absolute atomic E-state index is 12.1. The van der Waals surface area contributed by atoms with Gasteiger partial charge in [-0.25, -0.2) is 0 Å². The van der Waals surface area contributed by atoms with Gasteiger partial charge in [-0.2, -0.15) is 0 Å². The maximum atomic E-state index is 12.1. The predicted octanol–water partition coefficient (Wildman–Crippen LogP) is 1.21. The number of aromatic nitrogens is 1. The highest BCUT2D eigenvalue weighted by atomic mass is 16.5. The van der Waals surface area contributed by atoms with Gasteiger partial charge in [0, 0.05) is 18.9 Å². The highest BCUT2D eigenvalue weighted by molar-refractivity contribution is 5.96. The second kappa shape index (κ2) is 4.44. The molecule has 0 atom stereocenters. The summed E-state index contributed by atoms with van der Waals surface area (Å²) in [5, 5.41) is 5.27. The van der Waals surface area contributed by atoms with Crippen molar-refractivity contribution in [2.75, 3.05) is 6.54 Å².